The zero-order valence-corrected chi connectivity index (χ0v) is 13.9. The van der Waals surface area contributed by atoms with Crippen molar-refractivity contribution in [3.05, 3.63) is 29.8 Å². The third-order valence-corrected chi connectivity index (χ3v) is 5.14. The van der Waals surface area contributed by atoms with Gasteiger partial charge in [0.25, 0.3) is 0 Å². The number of hydrogen-bond donors (Lipinski definition) is 1. The fourth-order valence-corrected chi connectivity index (χ4v) is 3.88. The van der Waals surface area contributed by atoms with Gasteiger partial charge in [-0.2, -0.15) is 0 Å². The van der Waals surface area contributed by atoms with E-state index in [1.807, 2.05) is 29.2 Å². The Morgan fingerprint density at radius 2 is 2.04 bits per heavy atom. The van der Waals surface area contributed by atoms with E-state index in [9.17, 15) is 9.59 Å². The average molecular weight is 331 g/mol. The minimum Gasteiger partial charge on any atom is -0.493 e. The molecule has 1 saturated heterocycles. The van der Waals surface area contributed by atoms with E-state index < -0.39 is 5.97 Å². The van der Waals surface area contributed by atoms with E-state index in [1.54, 1.807) is 0 Å². The maximum absolute atomic E-state index is 12.9. The van der Waals surface area contributed by atoms with Crippen LogP contribution in [0.25, 0.3) is 0 Å². The van der Waals surface area contributed by atoms with Gasteiger partial charge in [0, 0.05) is 25.4 Å². The summed E-state index contributed by atoms with van der Waals surface area (Å²) in [6, 6.07) is 8.03. The van der Waals surface area contributed by atoms with Crippen molar-refractivity contribution in [1.29, 1.82) is 0 Å². The highest BCUT2D eigenvalue weighted by molar-refractivity contribution is 5.78. The van der Waals surface area contributed by atoms with E-state index in [4.69, 9.17) is 9.84 Å². The van der Waals surface area contributed by atoms with Gasteiger partial charge in [-0.05, 0) is 49.7 Å². The number of aliphatic carboxylic acids is 1. The molecule has 1 aromatic carbocycles. The number of carboxylic acid groups (broad SMARTS) is 1. The number of rotatable bonds is 5. The molecule has 0 aromatic heterocycles. The summed E-state index contributed by atoms with van der Waals surface area (Å²) in [6.07, 6.45) is 5.05. The maximum Gasteiger partial charge on any atom is 0.303 e. The van der Waals surface area contributed by atoms with Crippen molar-refractivity contribution in [2.75, 3.05) is 13.2 Å². The van der Waals surface area contributed by atoms with Crippen molar-refractivity contribution < 1.29 is 19.4 Å². The normalized spacial score (nSPS) is 23.2. The summed E-state index contributed by atoms with van der Waals surface area (Å²) < 4.78 is 5.68. The van der Waals surface area contributed by atoms with Gasteiger partial charge in [0.1, 0.15) is 5.75 Å². The third-order valence-electron chi connectivity index (χ3n) is 5.14. The van der Waals surface area contributed by atoms with Crippen molar-refractivity contribution in [2.24, 2.45) is 0 Å². The van der Waals surface area contributed by atoms with Gasteiger partial charge in [0.05, 0.1) is 6.61 Å². The maximum atomic E-state index is 12.9. The first kappa shape index (κ1) is 16.8. The van der Waals surface area contributed by atoms with Crippen molar-refractivity contribution in [3.63, 3.8) is 0 Å². The number of ether oxygens (including phenoxy) is 1. The van der Waals surface area contributed by atoms with E-state index in [2.05, 4.69) is 0 Å². The van der Waals surface area contributed by atoms with E-state index in [-0.39, 0.29) is 24.3 Å². The summed E-state index contributed by atoms with van der Waals surface area (Å²) in [5, 5.41) is 8.92. The molecule has 0 bridgehead atoms. The van der Waals surface area contributed by atoms with Crippen molar-refractivity contribution >= 4 is 11.9 Å². The Bertz CT molecular complexity index is 601. The lowest BCUT2D eigenvalue weighted by atomic mass is 9.89. The topological polar surface area (TPSA) is 66.8 Å². The van der Waals surface area contributed by atoms with Gasteiger partial charge in [0.2, 0.25) is 5.91 Å². The van der Waals surface area contributed by atoms with Crippen molar-refractivity contribution in [2.45, 2.75) is 56.9 Å². The average Bonchev–Trinajstić information content (AvgIpc) is 2.60. The number of likely N-dealkylation sites (tertiary alicyclic amines) is 1. The quantitative estimate of drug-likeness (QED) is 0.900. The lowest BCUT2D eigenvalue weighted by Crippen LogP contribution is -2.44. The minimum atomic E-state index is -0.786. The lowest BCUT2D eigenvalue weighted by molar-refractivity contribution is -0.140. The molecule has 130 valence electrons. The summed E-state index contributed by atoms with van der Waals surface area (Å²) in [6.45, 7) is 1.41. The zero-order valence-electron chi connectivity index (χ0n) is 13.9. The summed E-state index contributed by atoms with van der Waals surface area (Å²) in [5.74, 6) is 0.463. The van der Waals surface area contributed by atoms with Gasteiger partial charge in [-0.25, -0.2) is 0 Å². The molecule has 0 aliphatic carbocycles. The molecule has 1 aromatic rings. The number of hydrogen-bond acceptors (Lipinski definition) is 3. The SMILES string of the molecule is O=C(O)CC[C@@H]1CCCCN1C(=O)C[C@@H]1CCOc2ccccc21. The largest absolute Gasteiger partial charge is 0.493 e. The molecule has 1 amide bonds. The molecule has 0 saturated carbocycles. The van der Waals surface area contributed by atoms with Crippen LogP contribution in [0.3, 0.4) is 0 Å². The molecule has 0 spiro atoms. The molecule has 3 rings (SSSR count). The van der Waals surface area contributed by atoms with Crippen LogP contribution in [-0.4, -0.2) is 41.1 Å². The molecular formula is C19H25NO4. The first-order valence-corrected chi connectivity index (χ1v) is 8.88. The van der Waals surface area contributed by atoms with Crippen LogP contribution in [0.5, 0.6) is 5.75 Å². The number of carboxylic acids is 1. The predicted molar refractivity (Wildman–Crippen MR) is 90.1 cm³/mol. The van der Waals surface area contributed by atoms with Crippen molar-refractivity contribution in [1.82, 2.24) is 4.90 Å². The Kier molecular flexibility index (Phi) is 5.38. The highest BCUT2D eigenvalue weighted by Crippen LogP contribution is 2.36. The molecule has 1 fully saturated rings. The van der Waals surface area contributed by atoms with Crippen LogP contribution in [0.4, 0.5) is 0 Å². The molecule has 2 atom stereocenters. The fourth-order valence-electron chi connectivity index (χ4n) is 3.88. The van der Waals surface area contributed by atoms with Crippen LogP contribution in [0.1, 0.15) is 56.4 Å². The van der Waals surface area contributed by atoms with Gasteiger partial charge in [-0.3, -0.25) is 9.59 Å². The summed E-state index contributed by atoms with van der Waals surface area (Å²) in [7, 11) is 0. The summed E-state index contributed by atoms with van der Waals surface area (Å²) in [4.78, 5) is 25.7. The number of carbonyl (C=O) groups is 2. The second kappa shape index (κ2) is 7.69. The first-order chi connectivity index (χ1) is 11.6. The minimum absolute atomic E-state index is 0.0810. The number of para-hydroxylation sites is 1. The van der Waals surface area contributed by atoms with Gasteiger partial charge in [-0.1, -0.05) is 18.2 Å². The first-order valence-electron chi connectivity index (χ1n) is 8.88. The third kappa shape index (κ3) is 3.89. The van der Waals surface area contributed by atoms with Crippen LogP contribution in [-0.2, 0) is 9.59 Å². The number of piperidine rings is 1. The monoisotopic (exact) mass is 331 g/mol. The molecule has 24 heavy (non-hydrogen) atoms. The number of amides is 1. The molecule has 5 nitrogen and oxygen atoms in total. The van der Waals surface area contributed by atoms with Gasteiger partial charge in [-0.15, -0.1) is 0 Å². The molecule has 5 heteroatoms. The Morgan fingerprint density at radius 3 is 2.88 bits per heavy atom. The molecule has 0 radical (unpaired) electrons. The molecule has 2 aliphatic heterocycles. The van der Waals surface area contributed by atoms with Crippen LogP contribution >= 0.6 is 0 Å². The van der Waals surface area contributed by atoms with E-state index >= 15 is 0 Å². The van der Waals surface area contributed by atoms with Gasteiger partial charge < -0.3 is 14.7 Å². The lowest BCUT2D eigenvalue weighted by Gasteiger charge is -2.37. The Balaban J connectivity index is 1.66. The molecule has 0 unspecified atom stereocenters. The summed E-state index contributed by atoms with van der Waals surface area (Å²) in [5.41, 5.74) is 1.12. The van der Waals surface area contributed by atoms with E-state index in [0.29, 0.717) is 19.4 Å². The van der Waals surface area contributed by atoms with Crippen LogP contribution in [0.15, 0.2) is 24.3 Å². The van der Waals surface area contributed by atoms with E-state index in [0.717, 1.165) is 43.5 Å². The number of nitrogens with zero attached hydrogens (tertiary/aromatic N) is 1. The number of benzene rings is 1. The standard InChI is InChI=1S/C19H25NO4/c21-18(20-11-4-3-5-15(20)8-9-19(22)23)13-14-10-12-24-17-7-2-1-6-16(14)17/h1-2,6-7,14-15H,3-5,8-13H2,(H,22,23)/t14-,15-/m0/s1. The molecule has 2 aliphatic rings. The van der Waals surface area contributed by atoms with Crippen molar-refractivity contribution in [3.8, 4) is 5.75 Å². The molecular weight excluding hydrogens is 306 g/mol. The number of carbonyl (C=O) groups excluding carboxylic acids is 1. The van der Waals surface area contributed by atoms with Crippen LogP contribution in [0, 0.1) is 0 Å². The Hall–Kier alpha value is -2.04. The smallest absolute Gasteiger partial charge is 0.303 e. The highest BCUT2D eigenvalue weighted by Gasteiger charge is 2.30. The van der Waals surface area contributed by atoms with Gasteiger partial charge >= 0.3 is 5.97 Å². The van der Waals surface area contributed by atoms with Gasteiger partial charge in [0.15, 0.2) is 0 Å². The van der Waals surface area contributed by atoms with Crippen LogP contribution in [0.2, 0.25) is 0 Å². The fraction of sp³-hybridized carbons (Fsp3) is 0.579. The van der Waals surface area contributed by atoms with E-state index in [1.165, 1.54) is 0 Å². The number of fused-ring (bicyclic) bond motifs is 1. The second-order valence-corrected chi connectivity index (χ2v) is 6.75. The predicted octanol–water partition coefficient (Wildman–Crippen LogP) is 3.19. The highest BCUT2D eigenvalue weighted by atomic mass is 16.5. The Labute approximate surface area is 142 Å². The Morgan fingerprint density at radius 1 is 1.21 bits per heavy atom. The molecule has 2 heterocycles. The zero-order chi connectivity index (χ0) is 16.9. The molecule has 1 N–H and O–H groups in total. The summed E-state index contributed by atoms with van der Waals surface area (Å²) >= 11 is 0. The van der Waals surface area contributed by atoms with Crippen LogP contribution < -0.4 is 4.74 Å². The second-order valence-electron chi connectivity index (χ2n) is 6.75.